The van der Waals surface area contributed by atoms with E-state index in [9.17, 15) is 14.4 Å². The third kappa shape index (κ3) is 4.36. The highest BCUT2D eigenvalue weighted by molar-refractivity contribution is 7.18. The fraction of sp³-hybridized carbons (Fsp3) is 0.200. The quantitative estimate of drug-likeness (QED) is 0.430. The van der Waals surface area contributed by atoms with Crippen LogP contribution < -0.4 is 10.5 Å². The number of thiophene rings is 1. The first-order valence-corrected chi connectivity index (χ1v) is 9.66. The number of carbonyl (C=O) groups excluding carboxylic acids is 3. The molecule has 1 aromatic carbocycles. The molecule has 0 bridgehead atoms. The standard InChI is InChI=1S/C20H19N3O7S/c1-27-13-9-23(11-7-5-4-6-8-11)22-15(13)19(25)30-10-12-14(18(24)28-2)17(21)31-16(12)20(26)29-3/h4-9H,10,21H2,1-3H3. The minimum atomic E-state index is -0.817. The van der Waals surface area contributed by atoms with Gasteiger partial charge in [0, 0.05) is 5.56 Å². The lowest BCUT2D eigenvalue weighted by Gasteiger charge is -2.07. The number of hydrogen-bond acceptors (Lipinski definition) is 10. The molecule has 31 heavy (non-hydrogen) atoms. The summed E-state index contributed by atoms with van der Waals surface area (Å²) in [4.78, 5) is 37.0. The van der Waals surface area contributed by atoms with E-state index in [4.69, 9.17) is 24.7 Å². The van der Waals surface area contributed by atoms with Gasteiger partial charge in [0.25, 0.3) is 0 Å². The minimum absolute atomic E-state index is 0.0370. The smallest absolute Gasteiger partial charge is 0.363 e. The van der Waals surface area contributed by atoms with Crippen molar-refractivity contribution in [2.45, 2.75) is 6.61 Å². The highest BCUT2D eigenvalue weighted by Gasteiger charge is 2.29. The van der Waals surface area contributed by atoms with Gasteiger partial charge >= 0.3 is 17.9 Å². The molecule has 11 heteroatoms. The van der Waals surface area contributed by atoms with Crippen molar-refractivity contribution in [3.8, 4) is 11.4 Å². The van der Waals surface area contributed by atoms with Gasteiger partial charge in [0.1, 0.15) is 22.0 Å². The number of anilines is 1. The molecule has 0 spiro atoms. The molecule has 0 aliphatic rings. The van der Waals surface area contributed by atoms with Crippen LogP contribution in [0.4, 0.5) is 5.00 Å². The molecule has 0 atom stereocenters. The van der Waals surface area contributed by atoms with Gasteiger partial charge in [0.2, 0.25) is 5.69 Å². The number of carbonyl (C=O) groups is 3. The Morgan fingerprint density at radius 3 is 2.32 bits per heavy atom. The zero-order chi connectivity index (χ0) is 22.5. The van der Waals surface area contributed by atoms with E-state index in [1.54, 1.807) is 12.1 Å². The van der Waals surface area contributed by atoms with Crippen LogP contribution in [0.1, 0.15) is 36.1 Å². The maximum absolute atomic E-state index is 12.7. The van der Waals surface area contributed by atoms with Crippen LogP contribution in [-0.4, -0.2) is 49.0 Å². The Balaban J connectivity index is 1.90. The highest BCUT2D eigenvalue weighted by atomic mass is 32.1. The summed E-state index contributed by atoms with van der Waals surface area (Å²) < 4.78 is 21.5. The summed E-state index contributed by atoms with van der Waals surface area (Å²) in [6.45, 7) is -0.428. The van der Waals surface area contributed by atoms with Crippen molar-refractivity contribution >= 4 is 34.2 Å². The van der Waals surface area contributed by atoms with Crippen LogP contribution in [0.15, 0.2) is 36.5 Å². The summed E-state index contributed by atoms with van der Waals surface area (Å²) in [7, 11) is 3.76. The maximum atomic E-state index is 12.7. The van der Waals surface area contributed by atoms with Crippen molar-refractivity contribution in [1.82, 2.24) is 9.78 Å². The van der Waals surface area contributed by atoms with E-state index in [2.05, 4.69) is 5.10 Å². The lowest BCUT2D eigenvalue weighted by atomic mass is 10.1. The summed E-state index contributed by atoms with van der Waals surface area (Å²) in [6.07, 6.45) is 1.54. The molecule has 0 amide bonds. The topological polar surface area (TPSA) is 132 Å². The number of benzene rings is 1. The number of nitrogens with zero attached hydrogens (tertiary/aromatic N) is 2. The second kappa shape index (κ2) is 9.30. The molecule has 0 fully saturated rings. The molecule has 2 aromatic heterocycles. The summed E-state index contributed by atoms with van der Waals surface area (Å²) >= 11 is 0.841. The van der Waals surface area contributed by atoms with Crippen LogP contribution in [0, 0.1) is 0 Å². The summed E-state index contributed by atoms with van der Waals surface area (Å²) in [6, 6.07) is 9.11. The minimum Gasteiger partial charge on any atom is -0.493 e. The Morgan fingerprint density at radius 1 is 1.03 bits per heavy atom. The van der Waals surface area contributed by atoms with Gasteiger partial charge < -0.3 is 24.7 Å². The molecule has 0 saturated carbocycles. The van der Waals surface area contributed by atoms with Crippen LogP contribution in [0.3, 0.4) is 0 Å². The Hall–Kier alpha value is -3.86. The molecule has 3 aromatic rings. The second-order valence-corrected chi connectivity index (χ2v) is 7.09. The average Bonchev–Trinajstić information content (AvgIpc) is 3.38. The van der Waals surface area contributed by atoms with E-state index in [1.165, 1.54) is 32.2 Å². The number of nitrogens with two attached hydrogens (primary N) is 1. The molecule has 0 radical (unpaired) electrons. The molecule has 0 unspecified atom stereocenters. The van der Waals surface area contributed by atoms with Crippen molar-refractivity contribution in [2.75, 3.05) is 27.1 Å². The van der Waals surface area contributed by atoms with E-state index in [-0.39, 0.29) is 32.4 Å². The Labute approximate surface area is 181 Å². The van der Waals surface area contributed by atoms with Gasteiger partial charge in [0.05, 0.1) is 33.2 Å². The van der Waals surface area contributed by atoms with Crippen LogP contribution in [0.2, 0.25) is 0 Å². The third-order valence-corrected chi connectivity index (χ3v) is 5.30. The van der Waals surface area contributed by atoms with Gasteiger partial charge in [0.15, 0.2) is 5.75 Å². The van der Waals surface area contributed by atoms with Crippen molar-refractivity contribution in [3.05, 3.63) is 58.2 Å². The van der Waals surface area contributed by atoms with Gasteiger partial charge in [-0.1, -0.05) is 18.2 Å². The third-order valence-electron chi connectivity index (χ3n) is 4.26. The number of methoxy groups -OCH3 is 3. The molecule has 10 nitrogen and oxygen atoms in total. The van der Waals surface area contributed by atoms with Crippen molar-refractivity contribution in [1.29, 1.82) is 0 Å². The molecule has 0 aliphatic heterocycles. The second-order valence-electron chi connectivity index (χ2n) is 6.03. The predicted molar refractivity (Wildman–Crippen MR) is 111 cm³/mol. The largest absolute Gasteiger partial charge is 0.493 e. The van der Waals surface area contributed by atoms with Gasteiger partial charge in [-0.2, -0.15) is 5.10 Å². The van der Waals surface area contributed by atoms with Crippen molar-refractivity contribution < 1.29 is 33.3 Å². The van der Waals surface area contributed by atoms with Crippen molar-refractivity contribution in [2.24, 2.45) is 0 Å². The Morgan fingerprint density at radius 2 is 1.71 bits per heavy atom. The Bertz CT molecular complexity index is 1120. The fourth-order valence-corrected chi connectivity index (χ4v) is 3.75. The molecule has 0 aliphatic carbocycles. The summed E-state index contributed by atoms with van der Waals surface area (Å²) in [5.41, 5.74) is 6.56. The van der Waals surface area contributed by atoms with E-state index >= 15 is 0 Å². The number of para-hydroxylation sites is 1. The monoisotopic (exact) mass is 445 g/mol. The van der Waals surface area contributed by atoms with E-state index in [1.807, 2.05) is 18.2 Å². The number of nitrogen functional groups attached to an aromatic ring is 1. The molecular formula is C20H19N3O7S. The van der Waals surface area contributed by atoms with Crippen LogP contribution in [0.25, 0.3) is 5.69 Å². The zero-order valence-electron chi connectivity index (χ0n) is 16.9. The number of rotatable bonds is 7. The lowest BCUT2D eigenvalue weighted by molar-refractivity contribution is 0.0442. The first-order valence-electron chi connectivity index (χ1n) is 8.85. The first-order chi connectivity index (χ1) is 14.9. The van der Waals surface area contributed by atoms with E-state index in [0.29, 0.717) is 5.69 Å². The van der Waals surface area contributed by atoms with Crippen LogP contribution in [-0.2, 0) is 20.8 Å². The normalized spacial score (nSPS) is 10.4. The molecular weight excluding hydrogens is 426 g/mol. The van der Waals surface area contributed by atoms with Crippen molar-refractivity contribution in [3.63, 3.8) is 0 Å². The summed E-state index contributed by atoms with van der Waals surface area (Å²) in [5.74, 6) is -2.10. The zero-order valence-corrected chi connectivity index (χ0v) is 17.7. The van der Waals surface area contributed by atoms with Gasteiger partial charge in [-0.3, -0.25) is 0 Å². The van der Waals surface area contributed by atoms with Gasteiger partial charge in [-0.05, 0) is 12.1 Å². The highest BCUT2D eigenvalue weighted by Crippen LogP contribution is 2.33. The summed E-state index contributed by atoms with van der Waals surface area (Å²) in [5, 5.41) is 4.27. The van der Waals surface area contributed by atoms with E-state index < -0.39 is 24.5 Å². The molecule has 2 heterocycles. The molecule has 3 rings (SSSR count). The lowest BCUT2D eigenvalue weighted by Crippen LogP contribution is -2.13. The van der Waals surface area contributed by atoms with E-state index in [0.717, 1.165) is 11.3 Å². The fourth-order valence-electron chi connectivity index (χ4n) is 2.77. The average molecular weight is 445 g/mol. The first kappa shape index (κ1) is 21.8. The predicted octanol–water partition coefficient (Wildman–Crippen LogP) is 2.45. The molecule has 0 saturated heterocycles. The van der Waals surface area contributed by atoms with Crippen LogP contribution in [0.5, 0.6) is 5.75 Å². The van der Waals surface area contributed by atoms with Crippen LogP contribution >= 0.6 is 11.3 Å². The number of esters is 3. The van der Waals surface area contributed by atoms with Gasteiger partial charge in [-0.25, -0.2) is 19.1 Å². The van der Waals surface area contributed by atoms with Gasteiger partial charge in [-0.15, -0.1) is 11.3 Å². The number of aromatic nitrogens is 2. The molecule has 162 valence electrons. The number of hydrogen-bond donors (Lipinski definition) is 1. The number of ether oxygens (including phenoxy) is 4. The SMILES string of the molecule is COC(=O)c1sc(N)c(C(=O)OC)c1COC(=O)c1nn(-c2ccccc2)cc1OC. The maximum Gasteiger partial charge on any atom is 0.363 e. The molecule has 2 N–H and O–H groups in total. The Kier molecular flexibility index (Phi) is 6.55.